The first-order valence-electron chi connectivity index (χ1n) is 12.2. The van der Waals surface area contributed by atoms with Crippen molar-refractivity contribution in [1.82, 2.24) is 24.4 Å². The standard InChI is InChI=1S/C24H30ClN5O5/c1-2-24(33)17(12-34-13-18(31)29-9-5-6-10-29)35-22(20(24)32)30-14-26-19-16(11-15-7-3-4-8-15)27-23(25)28-21(19)30/h1,14-15,17,20,22,32-33H,3-13H2/t17-,20+,22-,24-/m1/s1. The molecule has 1 saturated carbocycles. The summed E-state index contributed by atoms with van der Waals surface area (Å²) >= 11 is 6.24. The number of hydrogen-bond donors (Lipinski definition) is 2. The van der Waals surface area contributed by atoms with E-state index in [-0.39, 0.29) is 24.4 Å². The zero-order chi connectivity index (χ0) is 24.6. The number of amides is 1. The summed E-state index contributed by atoms with van der Waals surface area (Å²) in [6.07, 6.45) is 10.9. The predicted octanol–water partition coefficient (Wildman–Crippen LogP) is 1.47. The van der Waals surface area contributed by atoms with Crippen molar-refractivity contribution >= 4 is 28.7 Å². The van der Waals surface area contributed by atoms with Gasteiger partial charge in [0.2, 0.25) is 11.2 Å². The summed E-state index contributed by atoms with van der Waals surface area (Å²) < 4.78 is 13.0. The SMILES string of the molecule is C#C[C@@]1(O)[C@@H](COCC(=O)N2CCCC2)O[C@@H](n2cnc3c(CC4CCCC4)nc(Cl)nc32)[C@@H]1O. The molecule has 0 aromatic carbocycles. The minimum Gasteiger partial charge on any atom is -0.384 e. The number of nitrogens with zero attached hydrogens (tertiary/aromatic N) is 5. The van der Waals surface area contributed by atoms with Crippen molar-refractivity contribution in [2.75, 3.05) is 26.3 Å². The van der Waals surface area contributed by atoms with E-state index < -0.39 is 24.0 Å². The van der Waals surface area contributed by atoms with Crippen LogP contribution < -0.4 is 0 Å². The highest BCUT2D eigenvalue weighted by atomic mass is 35.5. The van der Waals surface area contributed by atoms with Crippen LogP contribution in [0.25, 0.3) is 11.2 Å². The molecular formula is C24H30ClN5O5. The number of carbonyl (C=O) groups is 1. The van der Waals surface area contributed by atoms with Crippen LogP contribution in [0, 0.1) is 18.3 Å². The summed E-state index contributed by atoms with van der Waals surface area (Å²) in [4.78, 5) is 27.2. The second-order valence-corrected chi connectivity index (χ2v) is 9.99. The maximum absolute atomic E-state index is 12.3. The first-order chi connectivity index (χ1) is 16.9. The summed E-state index contributed by atoms with van der Waals surface area (Å²) in [6.45, 7) is 1.13. The minimum atomic E-state index is -2.03. The van der Waals surface area contributed by atoms with Gasteiger partial charge >= 0.3 is 0 Å². The molecule has 2 N–H and O–H groups in total. The Morgan fingerprint density at radius 1 is 1.29 bits per heavy atom. The molecule has 5 rings (SSSR count). The van der Waals surface area contributed by atoms with Gasteiger partial charge in [-0.25, -0.2) is 9.97 Å². The number of imidazole rings is 1. The molecule has 2 aromatic rings. The zero-order valence-electron chi connectivity index (χ0n) is 19.5. The van der Waals surface area contributed by atoms with Gasteiger partial charge in [0.25, 0.3) is 0 Å². The molecule has 2 aliphatic heterocycles. The summed E-state index contributed by atoms with van der Waals surface area (Å²) in [7, 11) is 0. The first kappa shape index (κ1) is 24.4. The van der Waals surface area contributed by atoms with Crippen LogP contribution in [-0.4, -0.2) is 84.7 Å². The minimum absolute atomic E-state index is 0.0762. The Balaban J connectivity index is 1.34. The normalized spacial score (nSPS) is 29.3. The molecule has 188 valence electrons. The molecule has 0 spiro atoms. The summed E-state index contributed by atoms with van der Waals surface area (Å²) in [6, 6.07) is 0. The van der Waals surface area contributed by atoms with E-state index in [1.807, 2.05) is 0 Å². The Hall–Kier alpha value is -2.29. The zero-order valence-corrected chi connectivity index (χ0v) is 20.2. The lowest BCUT2D eigenvalue weighted by Gasteiger charge is -2.25. The molecule has 4 heterocycles. The van der Waals surface area contributed by atoms with Gasteiger partial charge < -0.3 is 24.6 Å². The van der Waals surface area contributed by atoms with E-state index in [1.54, 1.807) is 4.90 Å². The second-order valence-electron chi connectivity index (χ2n) is 9.65. The van der Waals surface area contributed by atoms with E-state index in [2.05, 4.69) is 20.9 Å². The van der Waals surface area contributed by atoms with Crippen LogP contribution in [-0.2, 0) is 20.7 Å². The highest BCUT2D eigenvalue weighted by Crippen LogP contribution is 2.39. The highest BCUT2D eigenvalue weighted by Gasteiger charge is 2.55. The average Bonchev–Trinajstić information content (AvgIpc) is 3.64. The van der Waals surface area contributed by atoms with Crippen molar-refractivity contribution in [2.45, 2.75) is 69.0 Å². The summed E-state index contributed by atoms with van der Waals surface area (Å²) in [5.41, 5.74) is -0.295. The fourth-order valence-corrected chi connectivity index (χ4v) is 5.57. The van der Waals surface area contributed by atoms with Gasteiger partial charge in [0, 0.05) is 13.1 Å². The number of ether oxygens (including phenoxy) is 2. The van der Waals surface area contributed by atoms with Gasteiger partial charge in [0.05, 0.1) is 18.6 Å². The number of carbonyl (C=O) groups excluding carboxylic acids is 1. The molecule has 0 bridgehead atoms. The van der Waals surface area contributed by atoms with Crippen molar-refractivity contribution in [3.63, 3.8) is 0 Å². The average molecular weight is 504 g/mol. The highest BCUT2D eigenvalue weighted by molar-refractivity contribution is 6.28. The van der Waals surface area contributed by atoms with Crippen LogP contribution in [0.2, 0.25) is 5.28 Å². The number of rotatable bonds is 7. The fourth-order valence-electron chi connectivity index (χ4n) is 5.39. The van der Waals surface area contributed by atoms with Crippen LogP contribution in [0.1, 0.15) is 50.4 Å². The van der Waals surface area contributed by atoms with Gasteiger partial charge in [-0.05, 0) is 36.8 Å². The van der Waals surface area contributed by atoms with Crippen molar-refractivity contribution in [1.29, 1.82) is 0 Å². The van der Waals surface area contributed by atoms with E-state index in [9.17, 15) is 15.0 Å². The molecule has 3 fully saturated rings. The molecule has 4 atom stereocenters. The van der Waals surface area contributed by atoms with Gasteiger partial charge in [-0.2, -0.15) is 4.98 Å². The number of aliphatic hydroxyl groups is 2. The van der Waals surface area contributed by atoms with Crippen LogP contribution in [0.15, 0.2) is 6.33 Å². The number of fused-ring (bicyclic) bond motifs is 1. The Bertz CT molecular complexity index is 1120. The van der Waals surface area contributed by atoms with Gasteiger partial charge in [-0.3, -0.25) is 9.36 Å². The topological polar surface area (TPSA) is 123 Å². The van der Waals surface area contributed by atoms with E-state index in [4.69, 9.17) is 27.5 Å². The van der Waals surface area contributed by atoms with Crippen LogP contribution in [0.4, 0.5) is 0 Å². The Morgan fingerprint density at radius 3 is 2.74 bits per heavy atom. The molecule has 1 amide bonds. The Kier molecular flexibility index (Phi) is 6.97. The number of halogens is 1. The van der Waals surface area contributed by atoms with Crippen LogP contribution in [0.3, 0.4) is 0 Å². The molecule has 35 heavy (non-hydrogen) atoms. The lowest BCUT2D eigenvalue weighted by Crippen LogP contribution is -2.48. The van der Waals surface area contributed by atoms with Gasteiger partial charge in [0.15, 0.2) is 17.5 Å². The smallest absolute Gasteiger partial charge is 0.248 e. The Morgan fingerprint density at radius 2 is 2.03 bits per heavy atom. The van der Waals surface area contributed by atoms with Crippen LogP contribution >= 0.6 is 11.6 Å². The lowest BCUT2D eigenvalue weighted by atomic mass is 9.93. The third kappa shape index (κ3) is 4.63. The van der Waals surface area contributed by atoms with Crippen LogP contribution in [0.5, 0.6) is 0 Å². The van der Waals surface area contributed by atoms with E-state index in [0.717, 1.165) is 50.9 Å². The fraction of sp³-hybridized carbons (Fsp3) is 0.667. The number of aromatic nitrogens is 4. The Labute approximate surface area is 208 Å². The monoisotopic (exact) mass is 503 g/mol. The van der Waals surface area contributed by atoms with Gasteiger partial charge in [-0.1, -0.05) is 31.6 Å². The number of terminal acetylenes is 1. The van der Waals surface area contributed by atoms with Gasteiger partial charge in [0.1, 0.15) is 24.3 Å². The first-order valence-corrected chi connectivity index (χ1v) is 12.6. The number of hydrogen-bond acceptors (Lipinski definition) is 8. The lowest BCUT2D eigenvalue weighted by molar-refractivity contribution is -0.138. The molecule has 11 heteroatoms. The maximum atomic E-state index is 12.3. The molecule has 3 aliphatic rings. The van der Waals surface area contributed by atoms with Gasteiger partial charge in [-0.15, -0.1) is 6.42 Å². The maximum Gasteiger partial charge on any atom is 0.248 e. The molecule has 2 aromatic heterocycles. The van der Waals surface area contributed by atoms with Crippen molar-refractivity contribution < 1.29 is 24.5 Å². The largest absolute Gasteiger partial charge is 0.384 e. The van der Waals surface area contributed by atoms with E-state index in [1.165, 1.54) is 23.7 Å². The molecule has 0 unspecified atom stereocenters. The summed E-state index contributed by atoms with van der Waals surface area (Å²) in [5, 5.41) is 22.1. The van der Waals surface area contributed by atoms with Crippen molar-refractivity contribution in [2.24, 2.45) is 5.92 Å². The third-order valence-corrected chi connectivity index (χ3v) is 7.57. The number of likely N-dealkylation sites (tertiary alicyclic amines) is 1. The molecule has 10 nitrogen and oxygen atoms in total. The second kappa shape index (κ2) is 9.99. The van der Waals surface area contributed by atoms with E-state index in [0.29, 0.717) is 17.1 Å². The molecular weight excluding hydrogens is 474 g/mol. The molecule has 1 aliphatic carbocycles. The molecule has 0 radical (unpaired) electrons. The number of aliphatic hydroxyl groups excluding tert-OH is 1. The van der Waals surface area contributed by atoms with E-state index >= 15 is 0 Å². The third-order valence-electron chi connectivity index (χ3n) is 7.40. The quantitative estimate of drug-likeness (QED) is 0.430. The molecule has 2 saturated heterocycles. The predicted molar refractivity (Wildman–Crippen MR) is 126 cm³/mol. The summed E-state index contributed by atoms with van der Waals surface area (Å²) in [5.74, 6) is 2.66. The van der Waals surface area contributed by atoms with Crippen molar-refractivity contribution in [3.8, 4) is 12.3 Å². The van der Waals surface area contributed by atoms with Crippen molar-refractivity contribution in [3.05, 3.63) is 17.3 Å².